The van der Waals surface area contributed by atoms with Crippen LogP contribution in [0.15, 0.2) is 48.2 Å². The second kappa shape index (κ2) is 10.3. The van der Waals surface area contributed by atoms with Crippen LogP contribution in [0.25, 0.3) is 0 Å². The van der Waals surface area contributed by atoms with E-state index >= 15 is 0 Å². The highest BCUT2D eigenvalue weighted by Crippen LogP contribution is 2.41. The van der Waals surface area contributed by atoms with Gasteiger partial charge in [-0.2, -0.15) is 13.2 Å². The number of carboxylic acids is 1. The number of benzene rings is 2. The summed E-state index contributed by atoms with van der Waals surface area (Å²) >= 11 is 6.65. The third-order valence-corrected chi connectivity index (χ3v) is 7.12. The van der Waals surface area contributed by atoms with Crippen LogP contribution in [0.5, 0.6) is 0 Å². The number of alkyl halides is 3. The summed E-state index contributed by atoms with van der Waals surface area (Å²) in [6, 6.07) is 8.70. The van der Waals surface area contributed by atoms with E-state index < -0.39 is 35.2 Å². The van der Waals surface area contributed by atoms with Gasteiger partial charge in [-0.15, -0.1) is 0 Å². The topological polar surface area (TPSA) is 72.8 Å². The van der Waals surface area contributed by atoms with Gasteiger partial charge in [0.25, 0.3) is 0 Å². The Morgan fingerprint density at radius 2 is 1.81 bits per heavy atom. The zero-order valence-electron chi connectivity index (χ0n) is 21.9. The summed E-state index contributed by atoms with van der Waals surface area (Å²) in [5.41, 5.74) is -0.174. The van der Waals surface area contributed by atoms with Gasteiger partial charge in [-0.05, 0) is 72.1 Å². The monoisotopic (exact) mass is 538 g/mol. The van der Waals surface area contributed by atoms with Crippen molar-refractivity contribution < 1.29 is 28.2 Å². The molecule has 5 nitrogen and oxygen atoms in total. The van der Waals surface area contributed by atoms with Crippen molar-refractivity contribution >= 4 is 23.3 Å². The van der Waals surface area contributed by atoms with Gasteiger partial charge in [0.15, 0.2) is 6.35 Å². The predicted molar refractivity (Wildman–Crippen MR) is 140 cm³/mol. The molecule has 0 fully saturated rings. The van der Waals surface area contributed by atoms with E-state index in [1.54, 1.807) is 6.20 Å². The van der Waals surface area contributed by atoms with Gasteiger partial charge in [-0.25, -0.2) is 4.79 Å². The molecule has 3 N–H and O–H groups in total. The number of aliphatic hydroxyl groups is 1. The maximum absolute atomic E-state index is 13.6. The highest BCUT2D eigenvalue weighted by Gasteiger charge is 2.41. The van der Waals surface area contributed by atoms with E-state index in [4.69, 9.17) is 11.6 Å². The SMILES string of the molecule is CC(C)C1=CN(c2ccc(C(=O)O)c(C(F)(F)F)c2)C(O)N[C@@]1(C)c1ccc(CCC(C)(C)C)c(Cl)c1. The first-order chi connectivity index (χ1) is 16.9. The first kappa shape index (κ1) is 29.0. The number of hydrogen-bond acceptors (Lipinski definition) is 4. The second-order valence-electron chi connectivity index (χ2n) is 11.2. The molecule has 0 radical (unpaired) electrons. The number of nitrogens with zero attached hydrogens (tertiary/aromatic N) is 1. The zero-order chi connectivity index (χ0) is 27.9. The fraction of sp³-hybridized carbons (Fsp3) is 0.464. The van der Waals surface area contributed by atoms with Gasteiger partial charge in [-0.1, -0.05) is 58.4 Å². The first-order valence-corrected chi connectivity index (χ1v) is 12.5. The number of aromatic carboxylic acids is 1. The Bertz CT molecular complexity index is 1200. The van der Waals surface area contributed by atoms with Crippen LogP contribution in [0, 0.1) is 11.3 Å². The molecule has 9 heteroatoms. The number of halogens is 4. The summed E-state index contributed by atoms with van der Waals surface area (Å²) in [6.07, 6.45) is -2.84. The number of nitrogens with one attached hydrogen (secondary N) is 1. The Labute approximate surface area is 220 Å². The highest BCUT2D eigenvalue weighted by molar-refractivity contribution is 6.31. The Morgan fingerprint density at radius 1 is 1.16 bits per heavy atom. The van der Waals surface area contributed by atoms with E-state index in [0.29, 0.717) is 5.02 Å². The molecule has 1 unspecified atom stereocenters. The van der Waals surface area contributed by atoms with Gasteiger partial charge >= 0.3 is 12.1 Å². The Kier molecular flexibility index (Phi) is 8.08. The average molecular weight is 539 g/mol. The van der Waals surface area contributed by atoms with Crippen molar-refractivity contribution in [2.24, 2.45) is 11.3 Å². The third kappa shape index (κ3) is 6.30. The molecule has 0 amide bonds. The van der Waals surface area contributed by atoms with E-state index in [1.165, 1.54) is 11.0 Å². The van der Waals surface area contributed by atoms with Gasteiger partial charge in [-0.3, -0.25) is 5.32 Å². The lowest BCUT2D eigenvalue weighted by Crippen LogP contribution is -2.58. The van der Waals surface area contributed by atoms with Crippen LogP contribution < -0.4 is 10.2 Å². The summed E-state index contributed by atoms with van der Waals surface area (Å²) < 4.78 is 40.8. The molecule has 1 heterocycles. The third-order valence-electron chi connectivity index (χ3n) is 6.77. The fourth-order valence-corrected chi connectivity index (χ4v) is 4.91. The van der Waals surface area contributed by atoms with Crippen LogP contribution >= 0.6 is 11.6 Å². The molecule has 1 aliphatic heterocycles. The van der Waals surface area contributed by atoms with Gasteiger partial charge < -0.3 is 15.1 Å². The molecule has 1 aliphatic rings. The molecule has 2 aromatic rings. The van der Waals surface area contributed by atoms with E-state index in [0.717, 1.165) is 41.7 Å². The zero-order valence-corrected chi connectivity index (χ0v) is 22.6. The van der Waals surface area contributed by atoms with Crippen LogP contribution in [0.4, 0.5) is 18.9 Å². The van der Waals surface area contributed by atoms with Crippen LogP contribution in [0.1, 0.15) is 75.0 Å². The molecular weight excluding hydrogens is 505 g/mol. The number of carboxylic acid groups (broad SMARTS) is 1. The van der Waals surface area contributed by atoms with Crippen LogP contribution in [-0.2, 0) is 18.1 Å². The Morgan fingerprint density at radius 3 is 2.32 bits per heavy atom. The van der Waals surface area contributed by atoms with Gasteiger partial charge in [0.1, 0.15) is 0 Å². The molecular formula is C28H34ClF3N2O3. The summed E-state index contributed by atoms with van der Waals surface area (Å²) in [7, 11) is 0. The predicted octanol–water partition coefficient (Wildman–Crippen LogP) is 7.18. The van der Waals surface area contributed by atoms with Crippen LogP contribution in [-0.4, -0.2) is 22.5 Å². The largest absolute Gasteiger partial charge is 0.478 e. The van der Waals surface area contributed by atoms with Crippen molar-refractivity contribution in [3.63, 3.8) is 0 Å². The minimum Gasteiger partial charge on any atom is -0.478 e. The maximum Gasteiger partial charge on any atom is 0.417 e. The molecule has 37 heavy (non-hydrogen) atoms. The Hall–Kier alpha value is -2.55. The summed E-state index contributed by atoms with van der Waals surface area (Å²) in [5.74, 6) is -1.72. The van der Waals surface area contributed by atoms with E-state index in [-0.39, 0.29) is 17.0 Å². The summed E-state index contributed by atoms with van der Waals surface area (Å²) in [4.78, 5) is 12.6. The van der Waals surface area contributed by atoms with Gasteiger partial charge in [0, 0.05) is 16.9 Å². The quantitative estimate of drug-likeness (QED) is 0.363. The smallest absolute Gasteiger partial charge is 0.417 e. The molecule has 0 aromatic heterocycles. The lowest BCUT2D eigenvalue weighted by atomic mass is 9.77. The fourth-order valence-electron chi connectivity index (χ4n) is 4.64. The molecule has 202 valence electrons. The van der Waals surface area contributed by atoms with Crippen molar-refractivity contribution in [3.05, 3.63) is 75.4 Å². The van der Waals surface area contributed by atoms with Gasteiger partial charge in [0.2, 0.25) is 0 Å². The molecule has 3 rings (SSSR count). The van der Waals surface area contributed by atoms with Crippen molar-refractivity contribution in [2.75, 3.05) is 4.90 Å². The first-order valence-electron chi connectivity index (χ1n) is 12.1. The molecule has 0 saturated carbocycles. The van der Waals surface area contributed by atoms with E-state index in [2.05, 4.69) is 26.1 Å². The summed E-state index contributed by atoms with van der Waals surface area (Å²) in [6.45, 7) is 12.3. The van der Waals surface area contributed by atoms with Crippen LogP contribution in [0.3, 0.4) is 0 Å². The number of rotatable bonds is 6. The lowest BCUT2D eigenvalue weighted by molar-refractivity contribution is -0.138. The molecule has 0 saturated heterocycles. The minimum absolute atomic E-state index is 0.00749. The van der Waals surface area contributed by atoms with Crippen molar-refractivity contribution in [1.82, 2.24) is 5.32 Å². The number of anilines is 1. The Balaban J connectivity index is 2.05. The van der Waals surface area contributed by atoms with E-state index in [9.17, 15) is 28.2 Å². The van der Waals surface area contributed by atoms with Crippen molar-refractivity contribution in [1.29, 1.82) is 0 Å². The minimum atomic E-state index is -4.87. The second-order valence-corrected chi connectivity index (χ2v) is 11.6. The molecule has 2 atom stereocenters. The number of aliphatic hydroxyl groups excluding tert-OH is 1. The maximum atomic E-state index is 13.6. The van der Waals surface area contributed by atoms with E-state index in [1.807, 2.05) is 39.0 Å². The highest BCUT2D eigenvalue weighted by atomic mass is 35.5. The van der Waals surface area contributed by atoms with Crippen molar-refractivity contribution in [2.45, 2.75) is 72.5 Å². The van der Waals surface area contributed by atoms with Crippen LogP contribution in [0.2, 0.25) is 5.02 Å². The standard InChI is InChI=1S/C28H34ClF3N2O3/c1-16(2)22-15-34(19-9-10-20(24(35)36)21(14-19)28(30,31)32)25(37)33-27(22,6)18-8-7-17(23(29)13-18)11-12-26(3,4)5/h7-10,13-16,25,33,37H,11-12H2,1-6H3,(H,35,36)/t25?,27-/m0/s1. The normalized spacial score (nSPS) is 20.8. The lowest BCUT2D eigenvalue weighted by Gasteiger charge is -2.46. The number of hydrogen-bond donors (Lipinski definition) is 3. The summed E-state index contributed by atoms with van der Waals surface area (Å²) in [5, 5.41) is 24.0. The number of aryl methyl sites for hydroxylation is 1. The van der Waals surface area contributed by atoms with Gasteiger partial charge in [0.05, 0.1) is 16.7 Å². The molecule has 0 spiro atoms. The number of carbonyl (C=O) groups is 1. The van der Waals surface area contributed by atoms with Crippen molar-refractivity contribution in [3.8, 4) is 0 Å². The molecule has 2 aromatic carbocycles. The molecule has 0 aliphatic carbocycles. The molecule has 0 bridgehead atoms. The average Bonchev–Trinajstić information content (AvgIpc) is 2.76.